The average molecular weight is 425 g/mol. The van der Waals surface area contributed by atoms with E-state index in [-0.39, 0.29) is 15.5 Å². The van der Waals surface area contributed by atoms with Crippen LogP contribution in [0.4, 0.5) is 5.69 Å². The van der Waals surface area contributed by atoms with E-state index in [9.17, 15) is 16.8 Å². The van der Waals surface area contributed by atoms with Gasteiger partial charge in [0, 0.05) is 14.1 Å². The number of nitrogens with one attached hydrogen (secondary N) is 1. The minimum absolute atomic E-state index is 0.0468. The van der Waals surface area contributed by atoms with Gasteiger partial charge in [-0.2, -0.15) is 0 Å². The van der Waals surface area contributed by atoms with Crippen LogP contribution in [0.2, 0.25) is 0 Å². The van der Waals surface area contributed by atoms with E-state index in [1.165, 1.54) is 20.2 Å². The van der Waals surface area contributed by atoms with Crippen LogP contribution in [0.3, 0.4) is 0 Å². The summed E-state index contributed by atoms with van der Waals surface area (Å²) in [5, 5.41) is 0. The molecule has 0 unspecified atom stereocenters. The molecule has 0 bridgehead atoms. The number of anilines is 1. The Morgan fingerprint density at radius 1 is 0.929 bits per heavy atom. The molecular weight excluding hydrogens is 396 g/mol. The summed E-state index contributed by atoms with van der Waals surface area (Å²) in [7, 11) is -4.64. The van der Waals surface area contributed by atoms with Crippen molar-refractivity contribution in [2.24, 2.45) is 5.92 Å². The number of benzene rings is 2. The molecule has 2 aromatic carbocycles. The van der Waals surface area contributed by atoms with Gasteiger partial charge in [0.1, 0.15) is 0 Å². The molecule has 0 radical (unpaired) electrons. The fraction of sp³-hybridized carbons (Fsp3) is 0.400. The second-order valence-electron chi connectivity index (χ2n) is 7.55. The molecule has 0 aliphatic heterocycles. The molecule has 0 saturated carbocycles. The molecule has 0 amide bonds. The highest BCUT2D eigenvalue weighted by Crippen LogP contribution is 2.27. The zero-order valence-electron chi connectivity index (χ0n) is 17.1. The summed E-state index contributed by atoms with van der Waals surface area (Å²) in [5.41, 5.74) is 2.69. The van der Waals surface area contributed by atoms with Crippen LogP contribution in [-0.2, 0) is 26.5 Å². The Kier molecular flexibility index (Phi) is 6.58. The third-order valence-electron chi connectivity index (χ3n) is 4.54. The van der Waals surface area contributed by atoms with E-state index >= 15 is 0 Å². The van der Waals surface area contributed by atoms with Crippen molar-refractivity contribution < 1.29 is 16.8 Å². The van der Waals surface area contributed by atoms with Gasteiger partial charge in [-0.15, -0.1) is 0 Å². The fourth-order valence-corrected chi connectivity index (χ4v) is 4.90. The standard InChI is InChI=1S/C20H28N2O4S2/c1-14(2)11-17-7-9-18(10-8-17)27(23,24)21-20-13-19(12-15(3)16(20)4)28(25,26)22(5)6/h7-10,12-14,21H,11H2,1-6H3. The van der Waals surface area contributed by atoms with Crippen LogP contribution < -0.4 is 4.72 Å². The van der Waals surface area contributed by atoms with E-state index < -0.39 is 20.0 Å². The Labute approximate surface area is 168 Å². The Hall–Kier alpha value is -1.90. The van der Waals surface area contributed by atoms with Crippen molar-refractivity contribution in [3.8, 4) is 0 Å². The molecule has 2 aromatic rings. The molecule has 0 aliphatic carbocycles. The first-order chi connectivity index (χ1) is 12.8. The van der Waals surface area contributed by atoms with E-state index in [0.717, 1.165) is 16.3 Å². The SMILES string of the molecule is Cc1cc(S(=O)(=O)N(C)C)cc(NS(=O)(=O)c2ccc(CC(C)C)cc2)c1C. The minimum Gasteiger partial charge on any atom is -0.279 e. The van der Waals surface area contributed by atoms with Crippen molar-refractivity contribution in [3.05, 3.63) is 53.1 Å². The van der Waals surface area contributed by atoms with Gasteiger partial charge in [-0.05, 0) is 67.1 Å². The van der Waals surface area contributed by atoms with Crippen molar-refractivity contribution in [3.63, 3.8) is 0 Å². The summed E-state index contributed by atoms with van der Waals surface area (Å²) in [6.45, 7) is 7.71. The average Bonchev–Trinajstić information content (AvgIpc) is 2.58. The van der Waals surface area contributed by atoms with Crippen LogP contribution in [0.5, 0.6) is 0 Å². The number of nitrogens with zero attached hydrogens (tertiary/aromatic N) is 1. The van der Waals surface area contributed by atoms with Crippen molar-refractivity contribution in [2.45, 2.75) is 43.9 Å². The number of hydrogen-bond acceptors (Lipinski definition) is 4. The molecule has 0 saturated heterocycles. The van der Waals surface area contributed by atoms with E-state index in [1.54, 1.807) is 44.2 Å². The maximum Gasteiger partial charge on any atom is 0.261 e. The maximum absolute atomic E-state index is 12.8. The first-order valence-corrected chi connectivity index (χ1v) is 11.9. The monoisotopic (exact) mass is 424 g/mol. The molecule has 2 rings (SSSR count). The zero-order valence-corrected chi connectivity index (χ0v) is 18.8. The predicted molar refractivity (Wildman–Crippen MR) is 113 cm³/mol. The lowest BCUT2D eigenvalue weighted by Crippen LogP contribution is -2.23. The van der Waals surface area contributed by atoms with Crippen LogP contribution in [0.15, 0.2) is 46.2 Å². The summed E-state index contributed by atoms with van der Waals surface area (Å²) in [6.07, 6.45) is 0.872. The Morgan fingerprint density at radius 3 is 2.00 bits per heavy atom. The molecule has 0 heterocycles. The van der Waals surface area contributed by atoms with Crippen molar-refractivity contribution in [2.75, 3.05) is 18.8 Å². The summed E-state index contributed by atoms with van der Waals surface area (Å²) in [4.78, 5) is 0.184. The van der Waals surface area contributed by atoms with Crippen LogP contribution in [0.25, 0.3) is 0 Å². The highest BCUT2D eigenvalue weighted by Gasteiger charge is 2.22. The molecule has 0 spiro atoms. The third-order valence-corrected chi connectivity index (χ3v) is 7.72. The summed E-state index contributed by atoms with van der Waals surface area (Å²) in [5.74, 6) is 0.479. The highest BCUT2D eigenvalue weighted by atomic mass is 32.2. The summed E-state index contributed by atoms with van der Waals surface area (Å²) < 4.78 is 54.2. The molecule has 0 aromatic heterocycles. The van der Waals surface area contributed by atoms with E-state index in [0.29, 0.717) is 17.0 Å². The topological polar surface area (TPSA) is 83.6 Å². The molecule has 0 atom stereocenters. The Balaban J connectivity index is 2.42. The lowest BCUT2D eigenvalue weighted by atomic mass is 10.0. The first-order valence-electron chi connectivity index (χ1n) is 9.00. The van der Waals surface area contributed by atoms with Gasteiger partial charge in [0.2, 0.25) is 10.0 Å². The summed E-state index contributed by atoms with van der Waals surface area (Å²) in [6, 6.07) is 9.66. The molecule has 8 heteroatoms. The van der Waals surface area contributed by atoms with Crippen LogP contribution in [0, 0.1) is 19.8 Å². The third kappa shape index (κ3) is 4.92. The zero-order chi connectivity index (χ0) is 21.3. The van der Waals surface area contributed by atoms with Gasteiger partial charge in [0.15, 0.2) is 0 Å². The largest absolute Gasteiger partial charge is 0.279 e. The van der Waals surface area contributed by atoms with Gasteiger partial charge in [0.25, 0.3) is 10.0 Å². The lowest BCUT2D eigenvalue weighted by molar-refractivity contribution is 0.520. The molecule has 6 nitrogen and oxygen atoms in total. The van der Waals surface area contributed by atoms with Gasteiger partial charge < -0.3 is 0 Å². The second-order valence-corrected chi connectivity index (χ2v) is 11.4. The van der Waals surface area contributed by atoms with Crippen molar-refractivity contribution in [1.82, 2.24) is 4.31 Å². The van der Waals surface area contributed by atoms with Gasteiger partial charge in [0.05, 0.1) is 15.5 Å². The van der Waals surface area contributed by atoms with Crippen molar-refractivity contribution in [1.29, 1.82) is 0 Å². The minimum atomic E-state index is -3.84. The highest BCUT2D eigenvalue weighted by molar-refractivity contribution is 7.92. The van der Waals surface area contributed by atoms with Crippen LogP contribution in [-0.4, -0.2) is 35.2 Å². The Bertz CT molecular complexity index is 1060. The molecule has 0 aliphatic rings. The van der Waals surface area contributed by atoms with E-state index in [1.807, 2.05) is 0 Å². The van der Waals surface area contributed by atoms with Gasteiger partial charge >= 0.3 is 0 Å². The van der Waals surface area contributed by atoms with E-state index in [2.05, 4.69) is 18.6 Å². The first kappa shape index (κ1) is 22.4. The number of sulfonamides is 2. The molecule has 1 N–H and O–H groups in total. The Morgan fingerprint density at radius 2 is 1.50 bits per heavy atom. The normalized spacial score (nSPS) is 12.6. The second kappa shape index (κ2) is 8.23. The number of hydrogen-bond donors (Lipinski definition) is 1. The van der Waals surface area contributed by atoms with Crippen LogP contribution >= 0.6 is 0 Å². The van der Waals surface area contributed by atoms with Gasteiger partial charge in [-0.25, -0.2) is 21.1 Å². The fourth-order valence-electron chi connectivity index (χ4n) is 2.77. The lowest BCUT2D eigenvalue weighted by Gasteiger charge is -2.17. The smallest absolute Gasteiger partial charge is 0.261 e. The number of rotatable bonds is 7. The summed E-state index contributed by atoms with van der Waals surface area (Å²) >= 11 is 0. The van der Waals surface area contributed by atoms with E-state index in [4.69, 9.17) is 0 Å². The van der Waals surface area contributed by atoms with Crippen LogP contribution in [0.1, 0.15) is 30.5 Å². The molecular formula is C20H28N2O4S2. The quantitative estimate of drug-likeness (QED) is 0.737. The molecule has 28 heavy (non-hydrogen) atoms. The predicted octanol–water partition coefficient (Wildman–Crippen LogP) is 3.55. The van der Waals surface area contributed by atoms with Gasteiger partial charge in [-0.3, -0.25) is 4.72 Å². The maximum atomic E-state index is 12.8. The molecule has 0 fully saturated rings. The number of aryl methyl sites for hydroxylation is 1. The van der Waals surface area contributed by atoms with Gasteiger partial charge in [-0.1, -0.05) is 26.0 Å². The van der Waals surface area contributed by atoms with Crippen molar-refractivity contribution >= 4 is 25.7 Å². The molecule has 154 valence electrons.